The summed E-state index contributed by atoms with van der Waals surface area (Å²) < 4.78 is 10.6. The molecule has 1 aliphatic heterocycles. The van der Waals surface area contributed by atoms with Crippen LogP contribution in [0.2, 0.25) is 0 Å². The number of hydrogen-bond acceptors (Lipinski definition) is 5. The van der Waals surface area contributed by atoms with Crippen molar-refractivity contribution < 1.29 is 14.3 Å². The van der Waals surface area contributed by atoms with Gasteiger partial charge in [-0.25, -0.2) is 9.79 Å². The molecule has 2 heterocycles. The van der Waals surface area contributed by atoms with E-state index >= 15 is 0 Å². The number of carbonyl (C=O) groups is 1. The van der Waals surface area contributed by atoms with Crippen LogP contribution in [0, 0.1) is 0 Å². The van der Waals surface area contributed by atoms with Crippen molar-refractivity contribution in [2.24, 2.45) is 4.99 Å². The minimum Gasteiger partial charge on any atom is -0.494 e. The topological polar surface area (TPSA) is 47.9 Å². The van der Waals surface area contributed by atoms with Crippen LogP contribution in [0.3, 0.4) is 0 Å². The van der Waals surface area contributed by atoms with Gasteiger partial charge in [0.1, 0.15) is 5.75 Å². The fourth-order valence-electron chi connectivity index (χ4n) is 1.90. The lowest BCUT2D eigenvalue weighted by Crippen LogP contribution is -2.03. The number of carbonyl (C=O) groups excluding carboxylic acids is 1. The molecule has 0 aliphatic carbocycles. The predicted octanol–water partition coefficient (Wildman–Crippen LogP) is 3.49. The van der Waals surface area contributed by atoms with Gasteiger partial charge in [-0.15, -0.1) is 11.3 Å². The van der Waals surface area contributed by atoms with Gasteiger partial charge in [-0.05, 0) is 42.1 Å². The van der Waals surface area contributed by atoms with E-state index in [1.807, 2.05) is 48.7 Å². The third-order valence-electron chi connectivity index (χ3n) is 2.85. The molecule has 4 nitrogen and oxygen atoms in total. The molecule has 2 aromatic rings. The largest absolute Gasteiger partial charge is 0.494 e. The quantitative estimate of drug-likeness (QED) is 0.641. The lowest BCUT2D eigenvalue weighted by Gasteiger charge is -2.02. The van der Waals surface area contributed by atoms with Crippen molar-refractivity contribution in [3.8, 4) is 5.75 Å². The smallest absolute Gasteiger partial charge is 0.363 e. The van der Waals surface area contributed by atoms with Gasteiger partial charge in [-0.2, -0.15) is 0 Å². The van der Waals surface area contributed by atoms with Gasteiger partial charge in [0.25, 0.3) is 0 Å². The lowest BCUT2D eigenvalue weighted by molar-refractivity contribution is -0.129. The van der Waals surface area contributed by atoms with Crippen LogP contribution in [0.5, 0.6) is 5.75 Å². The van der Waals surface area contributed by atoms with E-state index in [4.69, 9.17) is 9.47 Å². The second-order valence-electron chi connectivity index (χ2n) is 4.32. The second kappa shape index (κ2) is 5.93. The van der Waals surface area contributed by atoms with Gasteiger partial charge in [0.05, 0.1) is 11.5 Å². The molecule has 0 unspecified atom stereocenters. The average molecular weight is 299 g/mol. The Balaban J connectivity index is 1.83. The van der Waals surface area contributed by atoms with Crippen molar-refractivity contribution in [3.05, 3.63) is 57.9 Å². The van der Waals surface area contributed by atoms with E-state index in [2.05, 4.69) is 4.99 Å². The number of ether oxygens (including phenoxy) is 2. The van der Waals surface area contributed by atoms with Gasteiger partial charge in [0.15, 0.2) is 5.70 Å². The van der Waals surface area contributed by atoms with Gasteiger partial charge in [-0.1, -0.05) is 18.2 Å². The van der Waals surface area contributed by atoms with Crippen molar-refractivity contribution in [2.75, 3.05) is 6.61 Å². The molecule has 0 radical (unpaired) electrons. The summed E-state index contributed by atoms with van der Waals surface area (Å²) in [4.78, 5) is 16.9. The van der Waals surface area contributed by atoms with E-state index in [1.54, 1.807) is 6.08 Å². The Bertz CT molecular complexity index is 700. The molecule has 106 valence electrons. The van der Waals surface area contributed by atoms with E-state index in [0.29, 0.717) is 18.2 Å². The molecular formula is C16H13NO3S. The molecule has 21 heavy (non-hydrogen) atoms. The number of hydrogen-bond donors (Lipinski definition) is 0. The van der Waals surface area contributed by atoms with Crippen molar-refractivity contribution in [1.82, 2.24) is 0 Å². The van der Waals surface area contributed by atoms with Crippen LogP contribution in [0.1, 0.15) is 17.4 Å². The Labute approximate surface area is 126 Å². The Morgan fingerprint density at radius 1 is 1.29 bits per heavy atom. The van der Waals surface area contributed by atoms with E-state index in [-0.39, 0.29) is 0 Å². The predicted molar refractivity (Wildman–Crippen MR) is 82.5 cm³/mol. The number of rotatable bonds is 4. The summed E-state index contributed by atoms with van der Waals surface area (Å²) in [6.07, 6.45) is 1.71. The lowest BCUT2D eigenvalue weighted by atomic mass is 10.2. The third-order valence-corrected chi connectivity index (χ3v) is 3.70. The monoisotopic (exact) mass is 299 g/mol. The number of thiophene rings is 1. The maximum atomic E-state index is 11.8. The van der Waals surface area contributed by atoms with Gasteiger partial charge >= 0.3 is 5.97 Å². The van der Waals surface area contributed by atoms with Crippen LogP contribution in [0.4, 0.5) is 0 Å². The second-order valence-corrected chi connectivity index (χ2v) is 5.26. The van der Waals surface area contributed by atoms with Crippen LogP contribution < -0.4 is 4.74 Å². The highest BCUT2D eigenvalue weighted by Gasteiger charge is 2.24. The normalized spacial score (nSPS) is 16.0. The molecule has 0 saturated heterocycles. The number of benzene rings is 1. The van der Waals surface area contributed by atoms with Crippen molar-refractivity contribution in [1.29, 1.82) is 0 Å². The van der Waals surface area contributed by atoms with Crippen molar-refractivity contribution >= 4 is 29.3 Å². The molecule has 5 heteroatoms. The Morgan fingerprint density at radius 2 is 2.10 bits per heavy atom. The molecule has 1 aromatic heterocycles. The summed E-state index contributed by atoms with van der Waals surface area (Å²) in [6, 6.07) is 11.2. The molecule has 0 fully saturated rings. The van der Waals surface area contributed by atoms with E-state index < -0.39 is 5.97 Å². The van der Waals surface area contributed by atoms with E-state index in [0.717, 1.165) is 16.2 Å². The highest BCUT2D eigenvalue weighted by Crippen LogP contribution is 2.22. The third kappa shape index (κ3) is 3.03. The van der Waals surface area contributed by atoms with Gasteiger partial charge in [0, 0.05) is 0 Å². The first kappa shape index (κ1) is 13.6. The van der Waals surface area contributed by atoms with Crippen LogP contribution >= 0.6 is 11.3 Å². The molecule has 0 atom stereocenters. The van der Waals surface area contributed by atoms with Crippen LogP contribution in [0.25, 0.3) is 6.08 Å². The van der Waals surface area contributed by atoms with Crippen molar-refractivity contribution in [2.45, 2.75) is 6.92 Å². The number of nitrogens with zero attached hydrogens (tertiary/aromatic N) is 1. The molecule has 0 saturated carbocycles. The first-order valence-electron chi connectivity index (χ1n) is 6.55. The molecule has 1 aliphatic rings. The SMILES string of the molecule is CCOc1ccc(/C=C2\N=C(c3cccs3)OC2=O)cc1. The number of esters is 1. The summed E-state index contributed by atoms with van der Waals surface area (Å²) in [7, 11) is 0. The summed E-state index contributed by atoms with van der Waals surface area (Å²) in [5, 5.41) is 1.92. The minimum atomic E-state index is -0.424. The number of aliphatic imine (C=N–C) groups is 1. The Morgan fingerprint density at radius 3 is 2.76 bits per heavy atom. The summed E-state index contributed by atoms with van der Waals surface area (Å²) in [5.74, 6) is 0.746. The summed E-state index contributed by atoms with van der Waals surface area (Å²) in [6.45, 7) is 2.56. The highest BCUT2D eigenvalue weighted by atomic mass is 32.1. The van der Waals surface area contributed by atoms with Crippen LogP contribution in [0.15, 0.2) is 52.5 Å². The van der Waals surface area contributed by atoms with Gasteiger partial charge < -0.3 is 9.47 Å². The Kier molecular flexibility index (Phi) is 3.83. The molecule has 0 bridgehead atoms. The summed E-state index contributed by atoms with van der Waals surface area (Å²) >= 11 is 1.49. The molecule has 1 aromatic carbocycles. The fourth-order valence-corrected chi connectivity index (χ4v) is 2.55. The molecule has 3 rings (SSSR count). The van der Waals surface area contributed by atoms with Gasteiger partial charge in [0.2, 0.25) is 5.90 Å². The molecule has 0 N–H and O–H groups in total. The zero-order chi connectivity index (χ0) is 14.7. The molecular weight excluding hydrogens is 286 g/mol. The molecule has 0 spiro atoms. The standard InChI is InChI=1S/C16H13NO3S/c1-2-19-12-7-5-11(6-8-12)10-13-16(18)20-15(17-13)14-4-3-9-21-14/h3-10H,2H2,1H3/b13-10-. The first-order valence-corrected chi connectivity index (χ1v) is 7.43. The summed E-state index contributed by atoms with van der Waals surface area (Å²) in [5.41, 5.74) is 1.18. The average Bonchev–Trinajstić information content (AvgIpc) is 3.12. The Hall–Kier alpha value is -2.40. The fraction of sp³-hybridized carbons (Fsp3) is 0.125. The van der Waals surface area contributed by atoms with E-state index in [1.165, 1.54) is 11.3 Å². The maximum absolute atomic E-state index is 11.8. The molecule has 0 amide bonds. The highest BCUT2D eigenvalue weighted by molar-refractivity contribution is 7.12. The zero-order valence-corrected chi connectivity index (χ0v) is 12.2. The van der Waals surface area contributed by atoms with E-state index in [9.17, 15) is 4.79 Å². The number of cyclic esters (lactones) is 1. The van der Waals surface area contributed by atoms with Crippen LogP contribution in [-0.4, -0.2) is 18.5 Å². The zero-order valence-electron chi connectivity index (χ0n) is 11.4. The van der Waals surface area contributed by atoms with Gasteiger partial charge in [-0.3, -0.25) is 0 Å². The van der Waals surface area contributed by atoms with Crippen molar-refractivity contribution in [3.63, 3.8) is 0 Å². The van der Waals surface area contributed by atoms with Crippen LogP contribution in [-0.2, 0) is 9.53 Å². The maximum Gasteiger partial charge on any atom is 0.363 e. The minimum absolute atomic E-state index is 0.308. The first-order chi connectivity index (χ1) is 10.3.